The van der Waals surface area contributed by atoms with E-state index in [4.69, 9.17) is 10.1 Å². The van der Waals surface area contributed by atoms with Crippen LogP contribution < -0.4 is 10.1 Å². The molecule has 0 saturated carbocycles. The van der Waals surface area contributed by atoms with Gasteiger partial charge in [-0.3, -0.25) is 4.79 Å². The van der Waals surface area contributed by atoms with E-state index in [2.05, 4.69) is 5.32 Å². The van der Waals surface area contributed by atoms with Crippen molar-refractivity contribution in [3.05, 3.63) is 65.2 Å². The second-order valence-electron chi connectivity index (χ2n) is 5.61. The molecule has 1 amide bonds. The van der Waals surface area contributed by atoms with Gasteiger partial charge in [-0.1, -0.05) is 37.3 Å². The minimum Gasteiger partial charge on any atom is -0.481 e. The molecule has 0 spiro atoms. The minimum atomic E-state index is -4.61. The molecule has 2 aromatic rings. The Bertz CT molecular complexity index is 761. The molecule has 7 heteroatoms. The molecule has 0 aliphatic carbocycles. The van der Waals surface area contributed by atoms with Gasteiger partial charge in [0.2, 0.25) is 0 Å². The molecular weight excluding hydrogens is 345 g/mol. The van der Waals surface area contributed by atoms with Crippen molar-refractivity contribution in [2.24, 2.45) is 0 Å². The van der Waals surface area contributed by atoms with E-state index >= 15 is 0 Å². The summed E-state index contributed by atoms with van der Waals surface area (Å²) < 4.78 is 44.7. The van der Waals surface area contributed by atoms with Crippen molar-refractivity contribution in [2.75, 3.05) is 0 Å². The normalized spacial score (nSPS) is 12.3. The van der Waals surface area contributed by atoms with Gasteiger partial charge in [0.05, 0.1) is 5.56 Å². The zero-order valence-corrected chi connectivity index (χ0v) is 14.1. The molecule has 4 nitrogen and oxygen atoms in total. The first-order valence-electron chi connectivity index (χ1n) is 8.05. The number of hydrogen-bond acceptors (Lipinski definition) is 3. The van der Waals surface area contributed by atoms with E-state index in [1.54, 1.807) is 6.92 Å². The van der Waals surface area contributed by atoms with Crippen molar-refractivity contribution in [3.63, 3.8) is 0 Å². The van der Waals surface area contributed by atoms with Gasteiger partial charge in [-0.2, -0.15) is 13.2 Å². The number of benzene rings is 2. The predicted octanol–water partition coefficient (Wildman–Crippen LogP) is 4.18. The van der Waals surface area contributed by atoms with Crippen molar-refractivity contribution in [2.45, 2.75) is 32.2 Å². The average Bonchev–Trinajstić information content (AvgIpc) is 2.64. The molecular formula is C19H19F3N2O2. The largest absolute Gasteiger partial charge is 0.481 e. The lowest BCUT2D eigenvalue weighted by atomic mass is 10.1. The van der Waals surface area contributed by atoms with Crippen LogP contribution in [0.2, 0.25) is 0 Å². The predicted molar refractivity (Wildman–Crippen MR) is 92.3 cm³/mol. The van der Waals surface area contributed by atoms with Gasteiger partial charge in [0.15, 0.2) is 6.10 Å². The SMILES string of the molecule is CCC(Oc1ccc(C=N)c(C(F)(F)F)c1)C(=O)NCc1ccccc1. The van der Waals surface area contributed by atoms with Gasteiger partial charge in [-0.05, 0) is 30.2 Å². The summed E-state index contributed by atoms with van der Waals surface area (Å²) in [7, 11) is 0. The molecule has 0 bridgehead atoms. The zero-order valence-electron chi connectivity index (χ0n) is 14.1. The topological polar surface area (TPSA) is 62.2 Å². The van der Waals surface area contributed by atoms with Gasteiger partial charge in [-0.25, -0.2) is 0 Å². The minimum absolute atomic E-state index is 0.0652. The highest BCUT2D eigenvalue weighted by Crippen LogP contribution is 2.34. The van der Waals surface area contributed by atoms with E-state index in [-0.39, 0.29) is 11.3 Å². The Balaban J connectivity index is 2.09. The van der Waals surface area contributed by atoms with Crippen molar-refractivity contribution in [1.29, 1.82) is 5.41 Å². The van der Waals surface area contributed by atoms with Crippen molar-refractivity contribution >= 4 is 12.1 Å². The lowest BCUT2D eigenvalue weighted by Crippen LogP contribution is -2.37. The van der Waals surface area contributed by atoms with E-state index in [1.165, 1.54) is 6.07 Å². The van der Waals surface area contributed by atoms with Gasteiger partial charge in [0.1, 0.15) is 5.75 Å². The summed E-state index contributed by atoms with van der Waals surface area (Å²) in [6.45, 7) is 2.02. The second-order valence-corrected chi connectivity index (χ2v) is 5.61. The molecule has 0 saturated heterocycles. The van der Waals surface area contributed by atoms with E-state index in [9.17, 15) is 18.0 Å². The van der Waals surface area contributed by atoms with E-state index in [0.29, 0.717) is 19.2 Å². The van der Waals surface area contributed by atoms with Crippen LogP contribution in [-0.2, 0) is 17.5 Å². The molecule has 0 aromatic heterocycles. The number of alkyl halides is 3. The Morgan fingerprint density at radius 3 is 2.50 bits per heavy atom. The Kier molecular flexibility index (Phi) is 6.38. The van der Waals surface area contributed by atoms with Crippen LogP contribution in [0.1, 0.15) is 30.0 Å². The van der Waals surface area contributed by atoms with Crippen LogP contribution in [0.5, 0.6) is 5.75 Å². The summed E-state index contributed by atoms with van der Waals surface area (Å²) in [5.74, 6) is -0.467. The van der Waals surface area contributed by atoms with E-state index in [0.717, 1.165) is 17.7 Å². The van der Waals surface area contributed by atoms with Crippen LogP contribution >= 0.6 is 0 Å². The quantitative estimate of drug-likeness (QED) is 0.724. The highest BCUT2D eigenvalue weighted by molar-refractivity contribution is 5.81. The van der Waals surface area contributed by atoms with E-state index < -0.39 is 23.8 Å². The van der Waals surface area contributed by atoms with Crippen LogP contribution in [0.3, 0.4) is 0 Å². The maximum Gasteiger partial charge on any atom is 0.417 e. The number of amides is 1. The van der Waals surface area contributed by atoms with Crippen molar-refractivity contribution in [3.8, 4) is 5.75 Å². The molecule has 0 aliphatic rings. The Labute approximate surface area is 149 Å². The third-order valence-corrected chi connectivity index (χ3v) is 3.74. The summed E-state index contributed by atoms with van der Waals surface area (Å²) in [5.41, 5.74) is -0.318. The Morgan fingerprint density at radius 1 is 1.23 bits per heavy atom. The fraction of sp³-hybridized carbons (Fsp3) is 0.263. The first kappa shape index (κ1) is 19.5. The van der Waals surface area contributed by atoms with Gasteiger partial charge >= 0.3 is 6.18 Å². The lowest BCUT2D eigenvalue weighted by molar-refractivity contribution is -0.137. The molecule has 0 aliphatic heterocycles. The van der Waals surface area contributed by atoms with Crippen LogP contribution in [0, 0.1) is 5.41 Å². The fourth-order valence-electron chi connectivity index (χ4n) is 2.37. The first-order valence-corrected chi connectivity index (χ1v) is 8.05. The number of hydrogen-bond donors (Lipinski definition) is 2. The molecule has 26 heavy (non-hydrogen) atoms. The van der Waals surface area contributed by atoms with E-state index in [1.807, 2.05) is 30.3 Å². The molecule has 1 atom stereocenters. The number of carbonyl (C=O) groups is 1. The fourth-order valence-corrected chi connectivity index (χ4v) is 2.37. The van der Waals surface area contributed by atoms with Crippen LogP contribution in [-0.4, -0.2) is 18.2 Å². The summed E-state index contributed by atoms with van der Waals surface area (Å²) in [6, 6.07) is 12.6. The standard InChI is InChI=1S/C19H19F3N2O2/c1-2-17(18(25)24-12-13-6-4-3-5-7-13)26-15-9-8-14(11-23)16(10-15)19(20,21)22/h3-11,17,23H,2,12H2,1H3,(H,24,25). The Morgan fingerprint density at radius 2 is 1.92 bits per heavy atom. The molecule has 0 heterocycles. The van der Waals surface area contributed by atoms with Crippen LogP contribution in [0.4, 0.5) is 13.2 Å². The molecule has 1 unspecified atom stereocenters. The monoisotopic (exact) mass is 364 g/mol. The number of carbonyl (C=O) groups excluding carboxylic acids is 1. The van der Waals surface area contributed by atoms with Crippen molar-refractivity contribution in [1.82, 2.24) is 5.32 Å². The lowest BCUT2D eigenvalue weighted by Gasteiger charge is -2.19. The number of halogens is 3. The molecule has 0 fully saturated rings. The molecule has 2 rings (SSSR count). The van der Waals surface area contributed by atoms with Gasteiger partial charge in [0, 0.05) is 18.3 Å². The van der Waals surface area contributed by atoms with Crippen LogP contribution in [0.15, 0.2) is 48.5 Å². The summed E-state index contributed by atoms with van der Waals surface area (Å²) in [4.78, 5) is 12.3. The second kappa shape index (κ2) is 8.51. The van der Waals surface area contributed by atoms with Crippen molar-refractivity contribution < 1.29 is 22.7 Å². The van der Waals surface area contributed by atoms with Crippen LogP contribution in [0.25, 0.3) is 0 Å². The summed E-state index contributed by atoms with van der Waals surface area (Å²) >= 11 is 0. The zero-order chi connectivity index (χ0) is 19.2. The maximum atomic E-state index is 13.1. The molecule has 2 N–H and O–H groups in total. The summed E-state index contributed by atoms with van der Waals surface area (Å²) in [6.07, 6.45) is -4.58. The Hall–Kier alpha value is -2.83. The average molecular weight is 364 g/mol. The first-order chi connectivity index (χ1) is 12.3. The molecule has 0 radical (unpaired) electrons. The summed E-state index contributed by atoms with van der Waals surface area (Å²) in [5, 5.41) is 9.80. The molecule has 2 aromatic carbocycles. The molecule has 138 valence electrons. The number of nitrogens with one attached hydrogen (secondary N) is 2. The highest BCUT2D eigenvalue weighted by Gasteiger charge is 2.33. The smallest absolute Gasteiger partial charge is 0.417 e. The number of rotatable bonds is 7. The highest BCUT2D eigenvalue weighted by atomic mass is 19.4. The third kappa shape index (κ3) is 5.08. The maximum absolute atomic E-state index is 13.1. The van der Waals surface area contributed by atoms with Gasteiger partial charge < -0.3 is 15.5 Å². The van der Waals surface area contributed by atoms with Gasteiger partial charge in [0.25, 0.3) is 5.91 Å². The number of ether oxygens (including phenoxy) is 1. The third-order valence-electron chi connectivity index (χ3n) is 3.74. The van der Waals surface area contributed by atoms with Gasteiger partial charge in [-0.15, -0.1) is 0 Å².